The average molecular weight is 331 g/mol. The second-order valence-corrected chi connectivity index (χ2v) is 6.89. The molecule has 0 unspecified atom stereocenters. The van der Waals surface area contributed by atoms with E-state index in [1.165, 1.54) is 3.97 Å². The summed E-state index contributed by atoms with van der Waals surface area (Å²) in [5.74, 6) is 0.578. The van der Waals surface area contributed by atoms with Gasteiger partial charge in [-0.15, -0.1) is 0 Å². The molecular weight excluding hydrogens is 314 g/mol. The summed E-state index contributed by atoms with van der Waals surface area (Å²) in [6, 6.07) is 15.4. The third-order valence-electron chi connectivity index (χ3n) is 3.50. The number of hydrogen-bond acceptors (Lipinski definition) is 4. The lowest BCUT2D eigenvalue weighted by atomic mass is 10.2. The molecule has 3 rings (SSSR count). The van der Waals surface area contributed by atoms with Gasteiger partial charge in [0.1, 0.15) is 5.75 Å². The molecule has 0 amide bonds. The quantitative estimate of drug-likeness (QED) is 0.705. The predicted octanol–water partition coefficient (Wildman–Crippen LogP) is 2.64. The summed E-state index contributed by atoms with van der Waals surface area (Å²) < 4.78 is 32.3. The van der Waals surface area contributed by atoms with E-state index in [-0.39, 0.29) is 11.5 Å². The van der Waals surface area contributed by atoms with Crippen molar-refractivity contribution in [3.63, 3.8) is 0 Å². The van der Waals surface area contributed by atoms with Gasteiger partial charge in [-0.1, -0.05) is 18.2 Å². The molecule has 6 heteroatoms. The van der Waals surface area contributed by atoms with E-state index in [1.54, 1.807) is 54.7 Å². The van der Waals surface area contributed by atoms with Crippen LogP contribution < -0.4 is 4.74 Å². The zero-order valence-electron chi connectivity index (χ0n) is 12.4. The fourth-order valence-electron chi connectivity index (χ4n) is 2.34. The Morgan fingerprint density at radius 3 is 2.57 bits per heavy atom. The monoisotopic (exact) mass is 331 g/mol. The first-order valence-corrected chi connectivity index (χ1v) is 8.72. The van der Waals surface area contributed by atoms with E-state index in [4.69, 9.17) is 9.84 Å². The standard InChI is InChI=1S/C17H17NO4S/c19-11-4-12-22-15-8-7-14-9-10-18(17(14)13-15)23(20,21)16-5-2-1-3-6-16/h1-3,5-10,13,19H,4,11-12H2. The van der Waals surface area contributed by atoms with Crippen molar-refractivity contribution < 1.29 is 18.3 Å². The van der Waals surface area contributed by atoms with Crippen molar-refractivity contribution in [1.82, 2.24) is 3.97 Å². The molecule has 1 aromatic heterocycles. The van der Waals surface area contributed by atoms with Gasteiger partial charge in [-0.3, -0.25) is 0 Å². The molecule has 1 N–H and O–H groups in total. The summed E-state index contributed by atoms with van der Waals surface area (Å²) in [4.78, 5) is 0.240. The van der Waals surface area contributed by atoms with Crippen LogP contribution >= 0.6 is 0 Å². The fourth-order valence-corrected chi connectivity index (χ4v) is 3.71. The second-order valence-electron chi connectivity index (χ2n) is 5.08. The molecule has 2 aromatic carbocycles. The van der Waals surface area contributed by atoms with Crippen molar-refractivity contribution in [2.45, 2.75) is 11.3 Å². The van der Waals surface area contributed by atoms with Crippen LogP contribution in [0.15, 0.2) is 65.7 Å². The van der Waals surface area contributed by atoms with Gasteiger partial charge in [0.15, 0.2) is 0 Å². The number of fused-ring (bicyclic) bond motifs is 1. The van der Waals surface area contributed by atoms with E-state index >= 15 is 0 Å². The van der Waals surface area contributed by atoms with Crippen LogP contribution in [0.25, 0.3) is 10.9 Å². The van der Waals surface area contributed by atoms with Crippen molar-refractivity contribution in [3.8, 4) is 5.75 Å². The highest BCUT2D eigenvalue weighted by molar-refractivity contribution is 7.90. The maximum atomic E-state index is 12.8. The number of benzene rings is 2. The van der Waals surface area contributed by atoms with Crippen molar-refractivity contribution >= 4 is 20.9 Å². The Morgan fingerprint density at radius 2 is 1.83 bits per heavy atom. The van der Waals surface area contributed by atoms with Gasteiger partial charge in [-0.25, -0.2) is 12.4 Å². The number of hydrogen-bond donors (Lipinski definition) is 1. The van der Waals surface area contributed by atoms with Crippen LogP contribution in [0, 0.1) is 0 Å². The van der Waals surface area contributed by atoms with Crippen LogP contribution in [0.2, 0.25) is 0 Å². The number of nitrogens with zero attached hydrogens (tertiary/aromatic N) is 1. The molecule has 1 heterocycles. The summed E-state index contributed by atoms with van der Waals surface area (Å²) in [5, 5.41) is 9.61. The lowest BCUT2D eigenvalue weighted by Gasteiger charge is -2.09. The highest BCUT2D eigenvalue weighted by atomic mass is 32.2. The minimum absolute atomic E-state index is 0.0566. The Labute approximate surface area is 134 Å². The molecule has 0 spiro atoms. The molecule has 120 valence electrons. The Morgan fingerprint density at radius 1 is 1.04 bits per heavy atom. The zero-order chi connectivity index (χ0) is 16.3. The highest BCUT2D eigenvalue weighted by Crippen LogP contribution is 2.26. The van der Waals surface area contributed by atoms with Crippen LogP contribution in [0.1, 0.15) is 6.42 Å². The first-order valence-electron chi connectivity index (χ1n) is 7.28. The van der Waals surface area contributed by atoms with Gasteiger partial charge in [-0.05, 0) is 30.3 Å². The molecule has 5 nitrogen and oxygen atoms in total. The molecule has 0 bridgehead atoms. The topological polar surface area (TPSA) is 68.5 Å². The molecule has 0 aliphatic rings. The van der Waals surface area contributed by atoms with Gasteiger partial charge in [0, 0.05) is 30.7 Å². The number of aliphatic hydroxyl groups is 1. The van der Waals surface area contributed by atoms with Crippen LogP contribution in [0.5, 0.6) is 5.75 Å². The maximum Gasteiger partial charge on any atom is 0.268 e. The maximum absolute atomic E-state index is 12.8. The van der Waals surface area contributed by atoms with Gasteiger partial charge in [0.25, 0.3) is 10.0 Å². The number of aliphatic hydroxyl groups excluding tert-OH is 1. The number of rotatable bonds is 6. The molecule has 0 aliphatic heterocycles. The minimum atomic E-state index is -3.64. The molecule has 0 saturated carbocycles. The molecular formula is C17H17NO4S. The summed E-state index contributed by atoms with van der Waals surface area (Å²) in [6.07, 6.45) is 2.08. The second kappa shape index (κ2) is 6.44. The smallest absolute Gasteiger partial charge is 0.268 e. The fraction of sp³-hybridized carbons (Fsp3) is 0.176. The predicted molar refractivity (Wildman–Crippen MR) is 88.2 cm³/mol. The van der Waals surface area contributed by atoms with E-state index in [0.29, 0.717) is 24.3 Å². The third-order valence-corrected chi connectivity index (χ3v) is 5.20. The molecule has 0 saturated heterocycles. The van der Waals surface area contributed by atoms with Crippen molar-refractivity contribution in [2.24, 2.45) is 0 Å². The largest absolute Gasteiger partial charge is 0.493 e. The lowest BCUT2D eigenvalue weighted by Crippen LogP contribution is -2.11. The van der Waals surface area contributed by atoms with Gasteiger partial charge in [0.05, 0.1) is 17.0 Å². The van der Waals surface area contributed by atoms with Crippen molar-refractivity contribution in [3.05, 3.63) is 60.8 Å². The van der Waals surface area contributed by atoms with Gasteiger partial charge < -0.3 is 9.84 Å². The third kappa shape index (κ3) is 3.09. The van der Waals surface area contributed by atoms with E-state index in [0.717, 1.165) is 5.39 Å². The highest BCUT2D eigenvalue weighted by Gasteiger charge is 2.18. The Bertz CT molecular complexity index is 901. The lowest BCUT2D eigenvalue weighted by molar-refractivity contribution is 0.233. The van der Waals surface area contributed by atoms with Gasteiger partial charge in [-0.2, -0.15) is 0 Å². The first-order chi connectivity index (χ1) is 11.1. The van der Waals surface area contributed by atoms with Gasteiger partial charge in [0.2, 0.25) is 0 Å². The normalized spacial score (nSPS) is 11.7. The van der Waals surface area contributed by atoms with Crippen LogP contribution in [0.4, 0.5) is 0 Å². The van der Waals surface area contributed by atoms with Crippen molar-refractivity contribution in [2.75, 3.05) is 13.2 Å². The molecule has 3 aromatic rings. The molecule has 0 aliphatic carbocycles. The molecule has 23 heavy (non-hydrogen) atoms. The Balaban J connectivity index is 2.03. The minimum Gasteiger partial charge on any atom is -0.493 e. The van der Waals surface area contributed by atoms with E-state index in [2.05, 4.69) is 0 Å². The Kier molecular flexibility index (Phi) is 4.36. The van der Waals surface area contributed by atoms with Gasteiger partial charge >= 0.3 is 0 Å². The summed E-state index contributed by atoms with van der Waals surface area (Å²) in [6.45, 7) is 0.440. The average Bonchev–Trinajstić information content (AvgIpc) is 3.00. The van der Waals surface area contributed by atoms with E-state index < -0.39 is 10.0 Å². The Hall–Kier alpha value is -2.31. The first kappa shape index (κ1) is 15.6. The zero-order valence-corrected chi connectivity index (χ0v) is 13.2. The van der Waals surface area contributed by atoms with Crippen molar-refractivity contribution in [1.29, 1.82) is 0 Å². The van der Waals surface area contributed by atoms with E-state index in [9.17, 15) is 8.42 Å². The van der Waals surface area contributed by atoms with Crippen LogP contribution in [0.3, 0.4) is 0 Å². The summed E-state index contributed by atoms with van der Waals surface area (Å²) in [5.41, 5.74) is 0.565. The number of aromatic nitrogens is 1. The molecule has 0 atom stereocenters. The number of ether oxygens (including phenoxy) is 1. The molecule has 0 fully saturated rings. The SMILES string of the molecule is O=S(=O)(c1ccccc1)n1ccc2ccc(OCCCO)cc21. The summed E-state index contributed by atoms with van der Waals surface area (Å²) >= 11 is 0. The van der Waals surface area contributed by atoms with E-state index in [1.807, 2.05) is 6.07 Å². The summed E-state index contributed by atoms with van der Waals surface area (Å²) in [7, 11) is -3.64. The van der Waals surface area contributed by atoms with Crippen LogP contribution in [-0.2, 0) is 10.0 Å². The molecule has 0 radical (unpaired) electrons. The van der Waals surface area contributed by atoms with Crippen LogP contribution in [-0.4, -0.2) is 30.7 Å².